The maximum atomic E-state index is 13.8. The van der Waals surface area contributed by atoms with E-state index >= 15 is 0 Å². The molecule has 2 N–H and O–H groups in total. The smallest absolute Gasteiger partial charge is 0.407 e. The van der Waals surface area contributed by atoms with Gasteiger partial charge in [0.05, 0.1) is 4.47 Å². The van der Waals surface area contributed by atoms with Gasteiger partial charge in [-0.1, -0.05) is 0 Å². The van der Waals surface area contributed by atoms with Crippen LogP contribution in [0.2, 0.25) is 0 Å². The van der Waals surface area contributed by atoms with Gasteiger partial charge in [-0.15, -0.1) is 0 Å². The monoisotopic (exact) mass is 422 g/mol. The molecule has 0 atom stereocenters. The van der Waals surface area contributed by atoms with E-state index in [1.165, 1.54) is 0 Å². The fraction of sp³-hybridized carbons (Fsp3) is 0.500. The van der Waals surface area contributed by atoms with Gasteiger partial charge in [-0.25, -0.2) is 18.4 Å². The molecule has 0 unspecified atom stereocenters. The molecule has 9 heteroatoms. The van der Waals surface area contributed by atoms with Crippen molar-refractivity contribution < 1.29 is 28.2 Å². The molecule has 0 saturated heterocycles. The summed E-state index contributed by atoms with van der Waals surface area (Å²) in [6.45, 7) is 5.13. The normalized spacial score (nSPS) is 11.1. The number of nitrogens with one attached hydrogen (secondary N) is 1. The van der Waals surface area contributed by atoms with E-state index in [0.717, 1.165) is 17.0 Å². The van der Waals surface area contributed by atoms with Crippen molar-refractivity contribution in [3.63, 3.8) is 0 Å². The highest BCUT2D eigenvalue weighted by atomic mass is 79.9. The minimum Gasteiger partial charge on any atom is -0.465 e. The highest BCUT2D eigenvalue weighted by Gasteiger charge is 2.17. The molecule has 0 aliphatic heterocycles. The van der Waals surface area contributed by atoms with E-state index in [1.807, 2.05) is 0 Å². The van der Waals surface area contributed by atoms with E-state index in [2.05, 4.69) is 21.2 Å². The van der Waals surface area contributed by atoms with Gasteiger partial charge in [0, 0.05) is 19.6 Å². The number of ether oxygens (including phenoxy) is 1. The molecule has 0 aliphatic rings. The summed E-state index contributed by atoms with van der Waals surface area (Å²) < 4.78 is 32.3. The topological polar surface area (TPSA) is 78.9 Å². The number of alkyl carbamates (subject to hydrolysis) is 1. The van der Waals surface area contributed by atoms with Gasteiger partial charge in [-0.2, -0.15) is 0 Å². The number of benzene rings is 1. The van der Waals surface area contributed by atoms with Gasteiger partial charge < -0.3 is 20.1 Å². The van der Waals surface area contributed by atoms with Crippen LogP contribution in [-0.4, -0.2) is 47.4 Å². The lowest BCUT2D eigenvalue weighted by atomic mass is 10.1. The summed E-state index contributed by atoms with van der Waals surface area (Å²) in [6, 6.07) is 2.03. The summed E-state index contributed by atoms with van der Waals surface area (Å²) >= 11 is 2.88. The molecule has 0 radical (unpaired) electrons. The van der Waals surface area contributed by atoms with Crippen LogP contribution < -0.4 is 5.32 Å². The van der Waals surface area contributed by atoms with E-state index in [1.54, 1.807) is 20.8 Å². The molecule has 0 aliphatic carbocycles. The van der Waals surface area contributed by atoms with Crippen molar-refractivity contribution in [1.29, 1.82) is 0 Å². The number of carbonyl (C=O) groups excluding carboxylic acids is 1. The van der Waals surface area contributed by atoms with Crippen molar-refractivity contribution in [2.75, 3.05) is 19.6 Å². The van der Waals surface area contributed by atoms with Gasteiger partial charge in [0.25, 0.3) is 0 Å². The summed E-state index contributed by atoms with van der Waals surface area (Å²) in [5, 5.41) is 11.6. The molecule has 0 spiro atoms. The third-order valence-electron chi connectivity index (χ3n) is 3.06. The fourth-order valence-corrected chi connectivity index (χ4v) is 2.24. The molecule has 0 bridgehead atoms. The second kappa shape index (κ2) is 8.98. The predicted molar refractivity (Wildman–Crippen MR) is 91.6 cm³/mol. The maximum absolute atomic E-state index is 13.8. The molecule has 0 saturated carbocycles. The number of rotatable bonds is 6. The van der Waals surface area contributed by atoms with E-state index in [-0.39, 0.29) is 36.1 Å². The first-order valence-electron chi connectivity index (χ1n) is 7.57. The predicted octanol–water partition coefficient (Wildman–Crippen LogP) is 3.77. The van der Waals surface area contributed by atoms with E-state index in [9.17, 15) is 23.5 Å². The summed E-state index contributed by atoms with van der Waals surface area (Å²) in [4.78, 5) is 23.8. The Morgan fingerprint density at radius 3 is 2.44 bits per heavy atom. The number of amides is 2. The van der Waals surface area contributed by atoms with Gasteiger partial charge in [0.2, 0.25) is 0 Å². The van der Waals surface area contributed by atoms with Crippen LogP contribution >= 0.6 is 15.9 Å². The minimum absolute atomic E-state index is 0.00476. The summed E-state index contributed by atoms with van der Waals surface area (Å²) in [5.74, 6) is -1.24. The molecule has 1 aromatic carbocycles. The zero-order valence-corrected chi connectivity index (χ0v) is 15.8. The first kappa shape index (κ1) is 21.1. The zero-order valence-electron chi connectivity index (χ0n) is 14.2. The van der Waals surface area contributed by atoms with Crippen LogP contribution in [0.15, 0.2) is 16.6 Å². The van der Waals surface area contributed by atoms with Crippen LogP contribution in [0, 0.1) is 11.6 Å². The van der Waals surface area contributed by atoms with Crippen LogP contribution in [0.3, 0.4) is 0 Å². The Hall–Kier alpha value is -1.90. The SMILES string of the molecule is CC(C)(C)OC(=O)NCCN(CCc1cc(F)c(Br)cc1F)C(=O)O. The van der Waals surface area contributed by atoms with Crippen LogP contribution in [0.4, 0.5) is 18.4 Å². The van der Waals surface area contributed by atoms with E-state index in [0.29, 0.717) is 0 Å². The number of nitrogens with zero attached hydrogens (tertiary/aromatic N) is 1. The van der Waals surface area contributed by atoms with Gasteiger partial charge in [-0.05, 0) is 60.8 Å². The number of halogens is 3. The number of hydrogen-bond acceptors (Lipinski definition) is 3. The zero-order chi connectivity index (χ0) is 19.2. The van der Waals surface area contributed by atoms with Crippen molar-refractivity contribution >= 4 is 28.1 Å². The number of hydrogen-bond donors (Lipinski definition) is 2. The Labute approximate surface area is 153 Å². The maximum Gasteiger partial charge on any atom is 0.407 e. The van der Waals surface area contributed by atoms with E-state index in [4.69, 9.17) is 4.74 Å². The van der Waals surface area contributed by atoms with Gasteiger partial charge >= 0.3 is 12.2 Å². The van der Waals surface area contributed by atoms with Crippen molar-refractivity contribution in [1.82, 2.24) is 10.2 Å². The summed E-state index contributed by atoms with van der Waals surface area (Å²) in [6.07, 6.45) is -1.86. The van der Waals surface area contributed by atoms with Crippen molar-refractivity contribution in [2.24, 2.45) is 0 Å². The number of carboxylic acid groups (broad SMARTS) is 1. The van der Waals surface area contributed by atoms with Crippen LogP contribution in [0.1, 0.15) is 26.3 Å². The fourth-order valence-electron chi connectivity index (χ4n) is 1.92. The van der Waals surface area contributed by atoms with Crippen molar-refractivity contribution in [3.8, 4) is 0 Å². The van der Waals surface area contributed by atoms with Crippen LogP contribution in [0.5, 0.6) is 0 Å². The molecule has 2 amide bonds. The average molecular weight is 423 g/mol. The molecule has 1 aromatic rings. The van der Waals surface area contributed by atoms with E-state index < -0.39 is 29.4 Å². The minimum atomic E-state index is -1.22. The second-order valence-electron chi connectivity index (χ2n) is 6.31. The molecule has 1 rings (SSSR count). The van der Waals surface area contributed by atoms with Crippen molar-refractivity contribution in [2.45, 2.75) is 32.8 Å². The quantitative estimate of drug-likeness (QED) is 0.683. The Morgan fingerprint density at radius 1 is 1.24 bits per heavy atom. The Kier molecular flexibility index (Phi) is 7.60. The average Bonchev–Trinajstić information content (AvgIpc) is 2.45. The summed E-state index contributed by atoms with van der Waals surface area (Å²) in [7, 11) is 0. The third kappa shape index (κ3) is 7.68. The molecule has 0 heterocycles. The molecule has 0 fully saturated rings. The second-order valence-corrected chi connectivity index (χ2v) is 7.16. The highest BCUT2D eigenvalue weighted by Crippen LogP contribution is 2.20. The molecular formula is C16H21BrF2N2O4. The molecule has 140 valence electrons. The first-order chi connectivity index (χ1) is 11.5. The highest BCUT2D eigenvalue weighted by molar-refractivity contribution is 9.10. The molecular weight excluding hydrogens is 402 g/mol. The molecule has 6 nitrogen and oxygen atoms in total. The lowest BCUT2D eigenvalue weighted by Crippen LogP contribution is -2.40. The van der Waals surface area contributed by atoms with Crippen molar-refractivity contribution in [3.05, 3.63) is 33.8 Å². The van der Waals surface area contributed by atoms with Gasteiger partial charge in [0.15, 0.2) is 0 Å². The summed E-state index contributed by atoms with van der Waals surface area (Å²) in [5.41, 5.74) is -0.577. The Morgan fingerprint density at radius 2 is 1.88 bits per heavy atom. The Balaban J connectivity index is 2.54. The molecule has 25 heavy (non-hydrogen) atoms. The Bertz CT molecular complexity index is 635. The third-order valence-corrected chi connectivity index (χ3v) is 3.67. The lowest BCUT2D eigenvalue weighted by Gasteiger charge is -2.22. The van der Waals surface area contributed by atoms with Crippen LogP contribution in [0.25, 0.3) is 0 Å². The lowest BCUT2D eigenvalue weighted by molar-refractivity contribution is 0.0520. The largest absolute Gasteiger partial charge is 0.465 e. The first-order valence-corrected chi connectivity index (χ1v) is 8.37. The molecule has 0 aromatic heterocycles. The van der Waals surface area contributed by atoms with Gasteiger partial charge in [0.1, 0.15) is 17.2 Å². The van der Waals surface area contributed by atoms with Gasteiger partial charge in [-0.3, -0.25) is 0 Å². The van der Waals surface area contributed by atoms with Crippen LogP contribution in [-0.2, 0) is 11.2 Å². The number of carbonyl (C=O) groups is 2. The standard InChI is InChI=1S/C16H21BrF2N2O4/c1-16(2,3)25-14(22)20-5-7-21(15(23)24)6-4-10-8-13(19)11(17)9-12(10)18/h8-9H,4-7H2,1-3H3,(H,20,22)(H,23,24).